The van der Waals surface area contributed by atoms with Crippen LogP contribution in [0.4, 0.5) is 0 Å². The molecule has 0 heteroatoms. The van der Waals surface area contributed by atoms with Gasteiger partial charge in [-0.15, -0.1) is 0 Å². The molecule has 3 aromatic rings. The molecular weight excluding hydrogens is 288 g/mol. The highest BCUT2D eigenvalue weighted by molar-refractivity contribution is 5.94. The molecule has 0 fully saturated rings. The molecule has 3 aromatic carbocycles. The molecule has 0 heterocycles. The first-order chi connectivity index (χ1) is 11.9. The van der Waals surface area contributed by atoms with Gasteiger partial charge >= 0.3 is 0 Å². The topological polar surface area (TPSA) is 0 Å². The summed E-state index contributed by atoms with van der Waals surface area (Å²) >= 11 is 0. The Morgan fingerprint density at radius 2 is 1.12 bits per heavy atom. The third kappa shape index (κ3) is 2.87. The molecule has 112 valence electrons. The zero-order valence-corrected chi connectivity index (χ0v) is 13.2. The number of hydrogen-bond donors (Lipinski definition) is 0. The maximum atomic E-state index is 3.12. The van der Waals surface area contributed by atoms with Crippen LogP contribution < -0.4 is 0 Å². The summed E-state index contributed by atoms with van der Waals surface area (Å²) < 4.78 is 0. The summed E-state index contributed by atoms with van der Waals surface area (Å²) in [6.07, 6.45) is 0. The van der Waals surface area contributed by atoms with Gasteiger partial charge in [-0.25, -0.2) is 0 Å². The smallest absolute Gasteiger partial charge is 0.00921 e. The molecule has 0 aromatic heterocycles. The molecule has 0 atom stereocenters. The fourth-order valence-corrected chi connectivity index (χ4v) is 2.78. The highest BCUT2D eigenvalue weighted by Gasteiger charge is 2.17. The first kappa shape index (κ1) is 14.5. The van der Waals surface area contributed by atoms with Crippen molar-refractivity contribution in [3.63, 3.8) is 0 Å². The number of hydrogen-bond acceptors (Lipinski definition) is 0. The largest absolute Gasteiger partial charge is 0.0622 e. The molecule has 2 aliphatic rings. The highest BCUT2D eigenvalue weighted by atomic mass is 14.2. The first-order valence-electron chi connectivity index (χ1n) is 8.05. The van der Waals surface area contributed by atoms with Gasteiger partial charge in [-0.05, 0) is 57.6 Å². The van der Waals surface area contributed by atoms with Gasteiger partial charge in [-0.2, -0.15) is 0 Å². The van der Waals surface area contributed by atoms with Crippen LogP contribution in [0.2, 0.25) is 0 Å². The molecular formula is C24H16. The van der Waals surface area contributed by atoms with Crippen molar-refractivity contribution in [3.8, 4) is 33.4 Å². The Labute approximate surface area is 143 Å². The van der Waals surface area contributed by atoms with Gasteiger partial charge in [-0.1, -0.05) is 84.9 Å². The summed E-state index contributed by atoms with van der Waals surface area (Å²) in [5.41, 5.74) is 7.84. The molecule has 0 saturated heterocycles. The van der Waals surface area contributed by atoms with Crippen molar-refractivity contribution in [3.05, 3.63) is 109 Å². The van der Waals surface area contributed by atoms with Crippen molar-refractivity contribution in [2.45, 2.75) is 0 Å². The van der Waals surface area contributed by atoms with E-state index < -0.39 is 0 Å². The molecule has 0 bridgehead atoms. The summed E-state index contributed by atoms with van der Waals surface area (Å²) in [4.78, 5) is 0. The maximum absolute atomic E-state index is 3.12. The predicted molar refractivity (Wildman–Crippen MR) is 100 cm³/mol. The van der Waals surface area contributed by atoms with Crippen molar-refractivity contribution >= 4 is 0 Å². The second-order valence-electron chi connectivity index (χ2n) is 5.69. The van der Waals surface area contributed by atoms with E-state index >= 15 is 0 Å². The number of benzene rings is 4. The molecule has 2 aliphatic carbocycles. The molecule has 24 heavy (non-hydrogen) atoms. The molecule has 2 radical (unpaired) electrons. The lowest BCUT2D eigenvalue weighted by Gasteiger charge is -2.20. The molecule has 0 unspecified atom stereocenters. The van der Waals surface area contributed by atoms with E-state index in [1.807, 2.05) is 36.4 Å². The van der Waals surface area contributed by atoms with Crippen molar-refractivity contribution < 1.29 is 0 Å². The summed E-state index contributed by atoms with van der Waals surface area (Å²) in [6, 6.07) is 39.2. The van der Waals surface area contributed by atoms with E-state index in [-0.39, 0.29) is 0 Å². The monoisotopic (exact) mass is 304 g/mol. The third-order valence-corrected chi connectivity index (χ3v) is 4.15. The molecule has 5 rings (SSSR count). The van der Waals surface area contributed by atoms with Crippen LogP contribution >= 0.6 is 0 Å². The Balaban J connectivity index is 0.000000121. The second kappa shape index (κ2) is 6.55. The van der Waals surface area contributed by atoms with Crippen molar-refractivity contribution in [2.24, 2.45) is 0 Å². The van der Waals surface area contributed by atoms with Crippen LogP contribution in [0.15, 0.2) is 97.1 Å². The van der Waals surface area contributed by atoms with E-state index in [1.165, 1.54) is 33.4 Å². The van der Waals surface area contributed by atoms with Crippen LogP contribution in [0.25, 0.3) is 33.4 Å². The van der Waals surface area contributed by atoms with E-state index in [4.69, 9.17) is 0 Å². The van der Waals surface area contributed by atoms with Crippen molar-refractivity contribution in [1.29, 1.82) is 0 Å². The summed E-state index contributed by atoms with van der Waals surface area (Å²) in [5, 5.41) is 0. The summed E-state index contributed by atoms with van der Waals surface area (Å²) in [5.74, 6) is 0. The van der Waals surface area contributed by atoms with Crippen molar-refractivity contribution in [1.82, 2.24) is 0 Å². The lowest BCUT2D eigenvalue weighted by Crippen LogP contribution is -1.95. The Morgan fingerprint density at radius 3 is 1.62 bits per heavy atom. The Bertz CT molecular complexity index is 825. The van der Waals surface area contributed by atoms with Crippen molar-refractivity contribution in [2.75, 3.05) is 0 Å². The molecule has 0 spiro atoms. The van der Waals surface area contributed by atoms with E-state index in [9.17, 15) is 0 Å². The molecule has 0 amide bonds. The Kier molecular flexibility index (Phi) is 3.95. The lowest BCUT2D eigenvalue weighted by molar-refractivity contribution is 1.50. The van der Waals surface area contributed by atoms with Gasteiger partial charge in [-0.3, -0.25) is 0 Å². The van der Waals surface area contributed by atoms with Gasteiger partial charge < -0.3 is 0 Å². The van der Waals surface area contributed by atoms with Gasteiger partial charge in [0, 0.05) is 0 Å². The highest BCUT2D eigenvalue weighted by Crippen LogP contribution is 2.42. The fraction of sp³-hybridized carbons (Fsp3) is 0. The van der Waals surface area contributed by atoms with E-state index in [1.54, 1.807) is 0 Å². The van der Waals surface area contributed by atoms with Crippen LogP contribution in [0, 0.1) is 12.1 Å². The van der Waals surface area contributed by atoms with Gasteiger partial charge in [0.2, 0.25) is 0 Å². The van der Waals surface area contributed by atoms with Crippen LogP contribution in [0.1, 0.15) is 0 Å². The Morgan fingerprint density at radius 1 is 0.542 bits per heavy atom. The van der Waals surface area contributed by atoms with Crippen LogP contribution in [-0.4, -0.2) is 0 Å². The lowest BCUT2D eigenvalue weighted by atomic mass is 9.83. The van der Waals surface area contributed by atoms with Gasteiger partial charge in [0.05, 0.1) is 0 Å². The molecule has 0 nitrogen and oxygen atoms in total. The Hall–Kier alpha value is -3.12. The SMILES string of the molecule is [c]1cc2c(-c3ccccc3)cc1-2.[c]1ccc(-c2ccccc2)cc1. The molecule has 0 saturated carbocycles. The molecule has 0 aliphatic heterocycles. The average molecular weight is 304 g/mol. The number of rotatable bonds is 2. The minimum absolute atomic E-state index is 1.24. The first-order valence-corrected chi connectivity index (χ1v) is 8.05. The second-order valence-corrected chi connectivity index (χ2v) is 5.69. The van der Waals surface area contributed by atoms with Crippen LogP contribution in [0.5, 0.6) is 0 Å². The summed E-state index contributed by atoms with van der Waals surface area (Å²) in [7, 11) is 0. The maximum Gasteiger partial charge on any atom is -0.00921 e. The average Bonchev–Trinajstić information content (AvgIpc) is 2.67. The minimum atomic E-state index is 1.24. The van der Waals surface area contributed by atoms with Crippen LogP contribution in [0.3, 0.4) is 0 Å². The quantitative estimate of drug-likeness (QED) is 0.359. The molecule has 0 N–H and O–H groups in total. The van der Waals surface area contributed by atoms with Crippen LogP contribution in [-0.2, 0) is 0 Å². The zero-order valence-electron chi connectivity index (χ0n) is 13.2. The van der Waals surface area contributed by atoms with E-state index in [0.717, 1.165) is 0 Å². The standard InChI is InChI=1S/C12H7.C12H9/c1-2-4-9(5-3-1)12-8-10-6-7-11(10)12;1-3-7-11(8-4-1)12-9-5-2-6-10-12/h1-5,7-8H;1,3-10H. The van der Waals surface area contributed by atoms with Gasteiger partial charge in [0.1, 0.15) is 0 Å². The minimum Gasteiger partial charge on any atom is -0.0622 e. The van der Waals surface area contributed by atoms with Gasteiger partial charge in [0.15, 0.2) is 0 Å². The summed E-state index contributed by atoms with van der Waals surface area (Å²) in [6.45, 7) is 0. The normalized spacial score (nSPS) is 10.5. The predicted octanol–water partition coefficient (Wildman–Crippen LogP) is 6.29. The number of fused-ring (bicyclic) bond motifs is 1. The van der Waals surface area contributed by atoms with E-state index in [0.29, 0.717) is 0 Å². The fourth-order valence-electron chi connectivity index (χ4n) is 2.78. The van der Waals surface area contributed by atoms with E-state index in [2.05, 4.69) is 72.8 Å². The zero-order chi connectivity index (χ0) is 16.2. The third-order valence-electron chi connectivity index (χ3n) is 4.15. The van der Waals surface area contributed by atoms with Gasteiger partial charge in [0.25, 0.3) is 0 Å².